The van der Waals surface area contributed by atoms with Gasteiger partial charge in [-0.05, 0) is 54.6 Å². The lowest BCUT2D eigenvalue weighted by Gasteiger charge is -2.00. The maximum Gasteiger partial charge on any atom is 0.0898 e. The van der Waals surface area contributed by atoms with Gasteiger partial charge in [0.05, 0.1) is 22.7 Å². The number of rotatable bonds is 4. The summed E-state index contributed by atoms with van der Waals surface area (Å²) < 4.78 is 0. The molecule has 26 heavy (non-hydrogen) atoms. The smallest absolute Gasteiger partial charge is 0.0898 e. The number of nitrogen functional groups attached to an aromatic ring is 4. The summed E-state index contributed by atoms with van der Waals surface area (Å²) in [5.41, 5.74) is 27.5. The first-order valence-corrected chi connectivity index (χ1v) is 7.73. The first-order valence-electron chi connectivity index (χ1n) is 7.73. The Morgan fingerprint density at radius 1 is 0.423 bits per heavy atom. The number of benzene rings is 3. The molecule has 3 aromatic rings. The summed E-state index contributed by atoms with van der Waals surface area (Å²) in [5.74, 6) is 0. The fraction of sp³-hybridized carbons (Fsp3) is 0. The van der Waals surface area contributed by atoms with Crippen molar-refractivity contribution in [2.24, 2.45) is 20.5 Å². The molecule has 0 unspecified atom stereocenters. The quantitative estimate of drug-likeness (QED) is 0.394. The number of nitrogens with two attached hydrogens (primary N) is 4. The number of anilines is 4. The Labute approximate surface area is 150 Å². The minimum Gasteiger partial charge on any atom is -0.399 e. The van der Waals surface area contributed by atoms with Crippen molar-refractivity contribution in [3.05, 3.63) is 60.7 Å². The minimum absolute atomic E-state index is 0.530. The molecule has 130 valence electrons. The molecule has 3 aromatic carbocycles. The van der Waals surface area contributed by atoms with Gasteiger partial charge in [0.15, 0.2) is 0 Å². The van der Waals surface area contributed by atoms with Gasteiger partial charge in [0.25, 0.3) is 0 Å². The topological polar surface area (TPSA) is 154 Å². The summed E-state index contributed by atoms with van der Waals surface area (Å²) in [7, 11) is 0. The molecule has 0 aromatic heterocycles. The number of nitrogens with zero attached hydrogens (tertiary/aromatic N) is 4. The van der Waals surface area contributed by atoms with E-state index >= 15 is 0 Å². The zero-order chi connectivity index (χ0) is 18.5. The predicted molar refractivity (Wildman–Crippen MR) is 105 cm³/mol. The summed E-state index contributed by atoms with van der Waals surface area (Å²) in [5, 5.41) is 16.6. The second kappa shape index (κ2) is 7.31. The molecule has 8 heteroatoms. The molecule has 8 nitrogen and oxygen atoms in total. The molecule has 0 amide bonds. The van der Waals surface area contributed by atoms with Gasteiger partial charge in [-0.3, -0.25) is 0 Å². The molecule has 0 saturated carbocycles. The molecule has 0 aliphatic heterocycles. The first kappa shape index (κ1) is 16.9. The normalized spacial score (nSPS) is 11.4. The van der Waals surface area contributed by atoms with Crippen molar-refractivity contribution in [3.8, 4) is 0 Å². The van der Waals surface area contributed by atoms with E-state index in [4.69, 9.17) is 22.9 Å². The van der Waals surface area contributed by atoms with Crippen LogP contribution < -0.4 is 22.9 Å². The van der Waals surface area contributed by atoms with Crippen LogP contribution in [0.1, 0.15) is 0 Å². The van der Waals surface area contributed by atoms with Gasteiger partial charge in [-0.25, -0.2) is 0 Å². The molecule has 0 aliphatic rings. The molecule has 0 atom stereocenters. The van der Waals surface area contributed by atoms with Crippen molar-refractivity contribution in [2.75, 3.05) is 22.9 Å². The Kier molecular flexibility index (Phi) is 4.75. The highest BCUT2D eigenvalue weighted by molar-refractivity contribution is 5.62. The Morgan fingerprint density at radius 2 is 0.769 bits per heavy atom. The van der Waals surface area contributed by atoms with Gasteiger partial charge in [0.1, 0.15) is 0 Å². The zero-order valence-electron chi connectivity index (χ0n) is 13.9. The fourth-order valence-electron chi connectivity index (χ4n) is 2.28. The van der Waals surface area contributed by atoms with E-state index in [1.807, 2.05) is 6.07 Å². The number of azo groups is 2. The van der Waals surface area contributed by atoms with E-state index in [-0.39, 0.29) is 0 Å². The van der Waals surface area contributed by atoms with E-state index in [9.17, 15) is 0 Å². The Balaban J connectivity index is 1.79. The van der Waals surface area contributed by atoms with E-state index in [1.54, 1.807) is 54.6 Å². The van der Waals surface area contributed by atoms with Crippen LogP contribution in [0.5, 0.6) is 0 Å². The van der Waals surface area contributed by atoms with Crippen molar-refractivity contribution in [1.29, 1.82) is 0 Å². The van der Waals surface area contributed by atoms with E-state index in [1.165, 1.54) is 0 Å². The van der Waals surface area contributed by atoms with Crippen LogP contribution in [0.25, 0.3) is 0 Å². The van der Waals surface area contributed by atoms with Gasteiger partial charge < -0.3 is 22.9 Å². The monoisotopic (exact) mass is 346 g/mol. The third kappa shape index (κ3) is 4.54. The Hall–Kier alpha value is -3.94. The second-order valence-electron chi connectivity index (χ2n) is 5.64. The summed E-state index contributed by atoms with van der Waals surface area (Å²) in [6.45, 7) is 0. The summed E-state index contributed by atoms with van der Waals surface area (Å²) in [4.78, 5) is 0. The van der Waals surface area contributed by atoms with Gasteiger partial charge in [0.2, 0.25) is 0 Å². The van der Waals surface area contributed by atoms with Crippen LogP contribution in [0.4, 0.5) is 45.5 Å². The molecular weight excluding hydrogens is 328 g/mol. The predicted octanol–water partition coefficient (Wildman–Crippen LogP) is 4.85. The molecule has 0 fully saturated rings. The number of hydrogen-bond donors (Lipinski definition) is 4. The van der Waals surface area contributed by atoms with E-state index in [2.05, 4.69) is 20.5 Å². The van der Waals surface area contributed by atoms with Crippen molar-refractivity contribution < 1.29 is 0 Å². The molecule has 0 saturated heterocycles. The molecule has 0 aliphatic carbocycles. The average Bonchev–Trinajstić information content (AvgIpc) is 2.57. The van der Waals surface area contributed by atoms with E-state index in [0.29, 0.717) is 45.5 Å². The average molecular weight is 346 g/mol. The minimum atomic E-state index is 0.530. The lowest BCUT2D eigenvalue weighted by atomic mass is 10.2. The Bertz CT molecular complexity index is 877. The highest BCUT2D eigenvalue weighted by atomic mass is 15.1. The highest BCUT2D eigenvalue weighted by Gasteiger charge is 1.98. The standard InChI is InChI=1S/C18H18N8/c19-11-4-12(20)7-17(6-11)25-23-15-2-1-3-16(10-15)24-26-18-8-13(21)5-14(22)9-18/h1-10H,19-22H2/b25-23+,26-24+. The van der Waals surface area contributed by atoms with Gasteiger partial charge in [-0.1, -0.05) is 6.07 Å². The van der Waals surface area contributed by atoms with Crippen LogP contribution in [0.15, 0.2) is 81.1 Å². The van der Waals surface area contributed by atoms with Gasteiger partial charge in [0, 0.05) is 22.7 Å². The van der Waals surface area contributed by atoms with E-state index in [0.717, 1.165) is 0 Å². The zero-order valence-corrected chi connectivity index (χ0v) is 13.9. The molecule has 0 bridgehead atoms. The molecule has 0 heterocycles. The second-order valence-corrected chi connectivity index (χ2v) is 5.64. The maximum absolute atomic E-state index is 5.74. The summed E-state index contributed by atoms with van der Waals surface area (Å²) >= 11 is 0. The van der Waals surface area contributed by atoms with Crippen LogP contribution >= 0.6 is 0 Å². The van der Waals surface area contributed by atoms with Gasteiger partial charge in [-0.2, -0.15) is 20.5 Å². The van der Waals surface area contributed by atoms with E-state index < -0.39 is 0 Å². The first-order chi connectivity index (χ1) is 12.5. The van der Waals surface area contributed by atoms with Crippen LogP contribution in [0.2, 0.25) is 0 Å². The molecular formula is C18H18N8. The van der Waals surface area contributed by atoms with Crippen LogP contribution in [0, 0.1) is 0 Å². The highest BCUT2D eigenvalue weighted by Crippen LogP contribution is 2.27. The van der Waals surface area contributed by atoms with Crippen molar-refractivity contribution in [2.45, 2.75) is 0 Å². The van der Waals surface area contributed by atoms with Gasteiger partial charge >= 0.3 is 0 Å². The maximum atomic E-state index is 5.74. The van der Waals surface area contributed by atoms with Crippen LogP contribution in [-0.4, -0.2) is 0 Å². The lowest BCUT2D eigenvalue weighted by Crippen LogP contribution is -1.88. The van der Waals surface area contributed by atoms with Crippen molar-refractivity contribution >= 4 is 45.5 Å². The summed E-state index contributed by atoms with van der Waals surface area (Å²) in [6.07, 6.45) is 0. The molecule has 3 rings (SSSR count). The Morgan fingerprint density at radius 3 is 1.15 bits per heavy atom. The van der Waals surface area contributed by atoms with Crippen LogP contribution in [0.3, 0.4) is 0 Å². The van der Waals surface area contributed by atoms with Crippen molar-refractivity contribution in [3.63, 3.8) is 0 Å². The van der Waals surface area contributed by atoms with Crippen LogP contribution in [-0.2, 0) is 0 Å². The number of hydrogen-bond acceptors (Lipinski definition) is 8. The molecule has 0 radical (unpaired) electrons. The summed E-state index contributed by atoms with van der Waals surface area (Å²) in [6, 6.07) is 17.2. The molecule has 8 N–H and O–H groups in total. The largest absolute Gasteiger partial charge is 0.399 e. The lowest BCUT2D eigenvalue weighted by molar-refractivity contribution is 1.21. The van der Waals surface area contributed by atoms with Crippen molar-refractivity contribution in [1.82, 2.24) is 0 Å². The SMILES string of the molecule is Nc1cc(N)cc(/N=N/c2cccc(/N=N/c3cc(N)cc(N)c3)c2)c1. The third-order valence-electron chi connectivity index (χ3n) is 3.32. The molecule has 0 spiro atoms. The fourth-order valence-corrected chi connectivity index (χ4v) is 2.28. The third-order valence-corrected chi connectivity index (χ3v) is 3.32. The van der Waals surface area contributed by atoms with Gasteiger partial charge in [-0.15, -0.1) is 0 Å².